The Morgan fingerprint density at radius 1 is 1.19 bits per heavy atom. The van der Waals surface area contributed by atoms with Gasteiger partial charge in [-0.2, -0.15) is 0 Å². The Morgan fingerprint density at radius 3 is 2.56 bits per heavy atom. The third kappa shape index (κ3) is 2.89. The maximum absolute atomic E-state index is 5.26. The summed E-state index contributed by atoms with van der Waals surface area (Å²) in [5.41, 5.74) is 1.23. The van der Waals surface area contributed by atoms with Crippen molar-refractivity contribution >= 4 is 0 Å². The van der Waals surface area contributed by atoms with Gasteiger partial charge in [-0.25, -0.2) is 0 Å². The summed E-state index contributed by atoms with van der Waals surface area (Å²) >= 11 is 0. The van der Waals surface area contributed by atoms with Crippen LogP contribution in [0.5, 0.6) is 11.5 Å². The van der Waals surface area contributed by atoms with Gasteiger partial charge in [0.15, 0.2) is 11.5 Å². The molecule has 0 aliphatic heterocycles. The molecule has 3 heteroatoms. The van der Waals surface area contributed by atoms with Crippen LogP contribution in [0.2, 0.25) is 0 Å². The fourth-order valence-corrected chi connectivity index (χ4v) is 1.73. The molecule has 0 unspecified atom stereocenters. The topological polar surface area (TPSA) is 30.5 Å². The second-order valence-electron chi connectivity index (χ2n) is 4.26. The maximum atomic E-state index is 5.26. The summed E-state index contributed by atoms with van der Waals surface area (Å²) in [6, 6.07) is 6.05. The summed E-state index contributed by atoms with van der Waals surface area (Å²) in [5, 5.41) is 3.46. The molecule has 0 saturated heterocycles. The van der Waals surface area contributed by atoms with Crippen molar-refractivity contribution < 1.29 is 9.47 Å². The zero-order valence-electron chi connectivity index (χ0n) is 9.95. The molecule has 1 fully saturated rings. The van der Waals surface area contributed by atoms with Crippen molar-refractivity contribution in [1.29, 1.82) is 0 Å². The minimum atomic E-state index is 0.786. The number of methoxy groups -OCH3 is 2. The summed E-state index contributed by atoms with van der Waals surface area (Å²) in [6.07, 6.45) is 2.78. The number of hydrogen-bond donors (Lipinski definition) is 1. The van der Waals surface area contributed by atoms with Crippen LogP contribution >= 0.6 is 0 Å². The lowest BCUT2D eigenvalue weighted by molar-refractivity contribution is 0.354. The van der Waals surface area contributed by atoms with E-state index in [0.29, 0.717) is 0 Å². The van der Waals surface area contributed by atoms with Crippen molar-refractivity contribution in [3.05, 3.63) is 23.8 Å². The Morgan fingerprint density at radius 2 is 1.94 bits per heavy atom. The van der Waals surface area contributed by atoms with E-state index in [-0.39, 0.29) is 0 Å². The lowest BCUT2D eigenvalue weighted by atomic mass is 10.2. The molecule has 16 heavy (non-hydrogen) atoms. The van der Waals surface area contributed by atoms with Crippen molar-refractivity contribution in [2.45, 2.75) is 19.4 Å². The van der Waals surface area contributed by atoms with Crippen molar-refractivity contribution in [2.24, 2.45) is 5.92 Å². The van der Waals surface area contributed by atoms with Gasteiger partial charge in [-0.15, -0.1) is 0 Å². The molecule has 0 spiro atoms. The van der Waals surface area contributed by atoms with E-state index >= 15 is 0 Å². The Labute approximate surface area is 96.8 Å². The van der Waals surface area contributed by atoms with E-state index in [4.69, 9.17) is 9.47 Å². The van der Waals surface area contributed by atoms with Gasteiger partial charge in [-0.05, 0) is 43.0 Å². The van der Waals surface area contributed by atoms with Crippen LogP contribution in [0.1, 0.15) is 18.4 Å². The molecular weight excluding hydrogens is 202 g/mol. The first kappa shape index (κ1) is 11.3. The van der Waals surface area contributed by atoms with E-state index in [1.165, 1.54) is 18.4 Å². The highest BCUT2D eigenvalue weighted by atomic mass is 16.5. The van der Waals surface area contributed by atoms with E-state index in [1.807, 2.05) is 12.1 Å². The number of benzene rings is 1. The number of rotatable bonds is 6. The van der Waals surface area contributed by atoms with Gasteiger partial charge < -0.3 is 14.8 Å². The van der Waals surface area contributed by atoms with Crippen molar-refractivity contribution in [3.63, 3.8) is 0 Å². The molecule has 0 heterocycles. The van der Waals surface area contributed by atoms with Gasteiger partial charge in [0.05, 0.1) is 14.2 Å². The lowest BCUT2D eigenvalue weighted by Gasteiger charge is -2.10. The van der Waals surface area contributed by atoms with Crippen LogP contribution in [0.3, 0.4) is 0 Å². The first-order valence-corrected chi connectivity index (χ1v) is 5.75. The summed E-state index contributed by atoms with van der Waals surface area (Å²) in [6.45, 7) is 2.03. The quantitative estimate of drug-likeness (QED) is 0.799. The Hall–Kier alpha value is -1.22. The minimum absolute atomic E-state index is 0.786. The summed E-state index contributed by atoms with van der Waals surface area (Å²) in [4.78, 5) is 0. The van der Waals surface area contributed by atoms with Crippen LogP contribution in [0.4, 0.5) is 0 Å². The molecule has 0 radical (unpaired) electrons. The third-order valence-electron chi connectivity index (χ3n) is 2.91. The highest BCUT2D eigenvalue weighted by Gasteiger charge is 2.20. The highest BCUT2D eigenvalue weighted by Crippen LogP contribution is 2.29. The van der Waals surface area contributed by atoms with Crippen molar-refractivity contribution in [3.8, 4) is 11.5 Å². The molecule has 1 N–H and O–H groups in total. The van der Waals surface area contributed by atoms with Crippen LogP contribution in [-0.2, 0) is 6.54 Å². The second-order valence-corrected chi connectivity index (χ2v) is 4.26. The fourth-order valence-electron chi connectivity index (χ4n) is 1.73. The van der Waals surface area contributed by atoms with Crippen molar-refractivity contribution in [1.82, 2.24) is 5.32 Å². The first-order chi connectivity index (χ1) is 7.83. The molecule has 0 atom stereocenters. The van der Waals surface area contributed by atoms with Crippen LogP contribution in [0.15, 0.2) is 18.2 Å². The molecule has 1 saturated carbocycles. The Bertz CT molecular complexity index is 348. The van der Waals surface area contributed by atoms with E-state index in [1.54, 1.807) is 14.2 Å². The van der Waals surface area contributed by atoms with Crippen LogP contribution in [0.25, 0.3) is 0 Å². The molecule has 0 amide bonds. The standard InChI is InChI=1S/C13H19NO2/c1-15-12-6-5-11(7-13(12)16-2)9-14-8-10-3-4-10/h5-7,10,14H,3-4,8-9H2,1-2H3. The number of nitrogens with one attached hydrogen (secondary N) is 1. The molecule has 1 aliphatic carbocycles. The normalized spacial score (nSPS) is 14.9. The first-order valence-electron chi connectivity index (χ1n) is 5.75. The molecule has 2 rings (SSSR count). The Balaban J connectivity index is 1.92. The van der Waals surface area contributed by atoms with Gasteiger partial charge >= 0.3 is 0 Å². The van der Waals surface area contributed by atoms with Crippen LogP contribution < -0.4 is 14.8 Å². The second kappa shape index (κ2) is 5.21. The highest BCUT2D eigenvalue weighted by molar-refractivity contribution is 5.42. The van der Waals surface area contributed by atoms with E-state index < -0.39 is 0 Å². The average Bonchev–Trinajstić information content (AvgIpc) is 3.13. The van der Waals surface area contributed by atoms with Gasteiger partial charge in [-0.3, -0.25) is 0 Å². The van der Waals surface area contributed by atoms with E-state index in [2.05, 4.69) is 11.4 Å². The smallest absolute Gasteiger partial charge is 0.161 e. The molecular formula is C13H19NO2. The molecule has 0 bridgehead atoms. The van der Waals surface area contributed by atoms with Gasteiger partial charge in [0.1, 0.15) is 0 Å². The van der Waals surface area contributed by atoms with Crippen molar-refractivity contribution in [2.75, 3.05) is 20.8 Å². The maximum Gasteiger partial charge on any atom is 0.161 e. The van der Waals surface area contributed by atoms with E-state index in [9.17, 15) is 0 Å². The molecule has 1 aliphatic rings. The predicted octanol–water partition coefficient (Wildman–Crippen LogP) is 2.20. The SMILES string of the molecule is COc1ccc(CNCC2CC2)cc1OC. The summed E-state index contributed by atoms with van der Waals surface area (Å²) < 4.78 is 10.5. The lowest BCUT2D eigenvalue weighted by Crippen LogP contribution is -2.16. The van der Waals surface area contributed by atoms with Gasteiger partial charge in [0, 0.05) is 6.54 Å². The summed E-state index contributed by atoms with van der Waals surface area (Å²) in [5.74, 6) is 2.50. The monoisotopic (exact) mass is 221 g/mol. The molecule has 88 valence electrons. The summed E-state index contributed by atoms with van der Waals surface area (Å²) in [7, 11) is 3.32. The van der Waals surface area contributed by atoms with E-state index in [0.717, 1.165) is 30.5 Å². The van der Waals surface area contributed by atoms with Crippen LogP contribution in [-0.4, -0.2) is 20.8 Å². The predicted molar refractivity (Wildman–Crippen MR) is 64.0 cm³/mol. The Kier molecular flexibility index (Phi) is 3.67. The number of ether oxygens (including phenoxy) is 2. The van der Waals surface area contributed by atoms with Crippen LogP contribution in [0, 0.1) is 5.92 Å². The van der Waals surface area contributed by atoms with Gasteiger partial charge in [0.2, 0.25) is 0 Å². The molecule has 1 aromatic rings. The zero-order chi connectivity index (χ0) is 11.4. The minimum Gasteiger partial charge on any atom is -0.493 e. The molecule has 3 nitrogen and oxygen atoms in total. The fraction of sp³-hybridized carbons (Fsp3) is 0.538. The molecule has 1 aromatic carbocycles. The number of hydrogen-bond acceptors (Lipinski definition) is 3. The molecule has 0 aromatic heterocycles. The van der Waals surface area contributed by atoms with Gasteiger partial charge in [0.25, 0.3) is 0 Å². The largest absolute Gasteiger partial charge is 0.493 e. The van der Waals surface area contributed by atoms with Gasteiger partial charge in [-0.1, -0.05) is 6.07 Å². The third-order valence-corrected chi connectivity index (χ3v) is 2.91. The average molecular weight is 221 g/mol. The zero-order valence-corrected chi connectivity index (χ0v) is 9.95.